The highest BCUT2D eigenvalue weighted by Gasteiger charge is 2.37. The maximum absolute atomic E-state index is 12.8. The number of aldehydes is 1. The number of nitrogens with zero attached hydrogens (tertiary/aromatic N) is 5. The van der Waals surface area contributed by atoms with E-state index in [4.69, 9.17) is 9.47 Å². The molecular weight excluding hydrogens is 462 g/mol. The zero-order valence-electron chi connectivity index (χ0n) is 22.1. The first-order valence-corrected chi connectivity index (χ1v) is 12.7. The molecule has 1 aliphatic heterocycles. The predicted molar refractivity (Wildman–Crippen MR) is 135 cm³/mol. The second-order valence-corrected chi connectivity index (χ2v) is 11.0. The Morgan fingerprint density at radius 1 is 1.11 bits per heavy atom. The van der Waals surface area contributed by atoms with Crippen LogP contribution < -0.4 is 4.90 Å². The number of rotatable bonds is 4. The molecule has 10 heteroatoms. The monoisotopic (exact) mass is 499 g/mol. The van der Waals surface area contributed by atoms with Crippen LogP contribution in [0.25, 0.3) is 11.0 Å². The van der Waals surface area contributed by atoms with Gasteiger partial charge in [-0.05, 0) is 53.9 Å². The van der Waals surface area contributed by atoms with Gasteiger partial charge in [-0.3, -0.25) is 9.59 Å². The molecule has 0 aromatic carbocycles. The van der Waals surface area contributed by atoms with Gasteiger partial charge in [-0.25, -0.2) is 14.8 Å². The molecule has 1 saturated carbocycles. The standard InChI is InChI=1S/C26H37N5O5/c1-16-12-30(25(34)36-26(3,4)5)17(2)11-29(16)22-21-19(14-32)13-31(23(21)28-15-27-22)20-9-7-8-18(10-20)24(33)35-6/h13-18,20H,7-12H2,1-6H3. The van der Waals surface area contributed by atoms with Crippen LogP contribution >= 0.6 is 0 Å². The highest BCUT2D eigenvalue weighted by molar-refractivity contribution is 6.02. The summed E-state index contributed by atoms with van der Waals surface area (Å²) < 4.78 is 12.6. The van der Waals surface area contributed by atoms with Gasteiger partial charge in [0, 0.05) is 43.0 Å². The van der Waals surface area contributed by atoms with Crippen LogP contribution in [0.2, 0.25) is 0 Å². The predicted octanol–water partition coefficient (Wildman–Crippen LogP) is 3.98. The Labute approximate surface area is 211 Å². The van der Waals surface area contributed by atoms with Crippen molar-refractivity contribution in [1.82, 2.24) is 19.4 Å². The fourth-order valence-electron chi connectivity index (χ4n) is 5.48. The molecule has 0 N–H and O–H groups in total. The zero-order chi connectivity index (χ0) is 26.2. The van der Waals surface area contributed by atoms with Crippen LogP contribution in [0.1, 0.15) is 76.7 Å². The number of carbonyl (C=O) groups is 3. The van der Waals surface area contributed by atoms with Crippen molar-refractivity contribution in [3.8, 4) is 0 Å². The molecule has 0 spiro atoms. The lowest BCUT2D eigenvalue weighted by Crippen LogP contribution is -2.59. The van der Waals surface area contributed by atoms with Crippen LogP contribution in [-0.2, 0) is 14.3 Å². The molecule has 4 rings (SSSR count). The van der Waals surface area contributed by atoms with Crippen molar-refractivity contribution in [3.05, 3.63) is 18.1 Å². The van der Waals surface area contributed by atoms with E-state index in [0.29, 0.717) is 41.9 Å². The minimum absolute atomic E-state index is 0.0437. The van der Waals surface area contributed by atoms with Crippen LogP contribution in [0.5, 0.6) is 0 Å². The molecule has 0 radical (unpaired) electrons. The number of anilines is 1. The van der Waals surface area contributed by atoms with Gasteiger partial charge in [0.2, 0.25) is 0 Å². The number of ether oxygens (including phenoxy) is 2. The number of carbonyl (C=O) groups excluding carboxylic acids is 3. The van der Waals surface area contributed by atoms with E-state index in [2.05, 4.69) is 14.9 Å². The van der Waals surface area contributed by atoms with Gasteiger partial charge >= 0.3 is 12.1 Å². The lowest BCUT2D eigenvalue weighted by atomic mass is 9.85. The Balaban J connectivity index is 1.65. The first-order chi connectivity index (χ1) is 17.0. The van der Waals surface area contributed by atoms with Crippen molar-refractivity contribution in [1.29, 1.82) is 0 Å². The third kappa shape index (κ3) is 5.03. The molecule has 10 nitrogen and oxygen atoms in total. The maximum Gasteiger partial charge on any atom is 0.410 e. The topological polar surface area (TPSA) is 107 Å². The summed E-state index contributed by atoms with van der Waals surface area (Å²) in [6.07, 6.45) is 7.14. The van der Waals surface area contributed by atoms with Gasteiger partial charge in [-0.15, -0.1) is 0 Å². The minimum atomic E-state index is -0.566. The first kappa shape index (κ1) is 25.9. The second kappa shape index (κ2) is 10.1. The molecule has 2 aromatic heterocycles. The molecule has 4 atom stereocenters. The van der Waals surface area contributed by atoms with E-state index < -0.39 is 5.60 Å². The molecule has 196 valence electrons. The Kier molecular flexibility index (Phi) is 7.24. The van der Waals surface area contributed by atoms with Crippen LogP contribution in [-0.4, -0.2) is 75.7 Å². The van der Waals surface area contributed by atoms with E-state index in [-0.39, 0.29) is 36.1 Å². The summed E-state index contributed by atoms with van der Waals surface area (Å²) in [7, 11) is 1.42. The third-order valence-corrected chi connectivity index (χ3v) is 7.21. The zero-order valence-corrected chi connectivity index (χ0v) is 22.1. The lowest BCUT2D eigenvalue weighted by Gasteiger charge is -2.44. The van der Waals surface area contributed by atoms with E-state index in [1.165, 1.54) is 13.4 Å². The summed E-state index contributed by atoms with van der Waals surface area (Å²) in [4.78, 5) is 50.2. The highest BCUT2D eigenvalue weighted by Crippen LogP contribution is 2.38. The summed E-state index contributed by atoms with van der Waals surface area (Å²) in [6.45, 7) is 10.6. The van der Waals surface area contributed by atoms with Gasteiger partial charge in [-0.2, -0.15) is 0 Å². The molecule has 0 bridgehead atoms. The van der Waals surface area contributed by atoms with Crippen molar-refractivity contribution in [2.24, 2.45) is 5.92 Å². The largest absolute Gasteiger partial charge is 0.469 e. The number of esters is 1. The van der Waals surface area contributed by atoms with Crippen molar-refractivity contribution in [2.75, 3.05) is 25.1 Å². The quantitative estimate of drug-likeness (QED) is 0.459. The van der Waals surface area contributed by atoms with Crippen molar-refractivity contribution >= 4 is 35.2 Å². The number of amides is 1. The van der Waals surface area contributed by atoms with Crippen molar-refractivity contribution in [2.45, 2.75) is 84.0 Å². The molecule has 2 fully saturated rings. The molecule has 4 unspecified atom stereocenters. The summed E-state index contributed by atoms with van der Waals surface area (Å²) >= 11 is 0. The Hall–Kier alpha value is -3.17. The fraction of sp³-hybridized carbons (Fsp3) is 0.654. The molecule has 1 amide bonds. The van der Waals surface area contributed by atoms with E-state index in [1.807, 2.05) is 45.4 Å². The van der Waals surface area contributed by atoms with Crippen molar-refractivity contribution in [3.63, 3.8) is 0 Å². The van der Waals surface area contributed by atoms with E-state index in [9.17, 15) is 14.4 Å². The number of hydrogen-bond acceptors (Lipinski definition) is 8. The molecule has 1 aliphatic carbocycles. The van der Waals surface area contributed by atoms with E-state index in [0.717, 1.165) is 25.5 Å². The second-order valence-electron chi connectivity index (χ2n) is 11.0. The van der Waals surface area contributed by atoms with Crippen molar-refractivity contribution < 1.29 is 23.9 Å². The number of aromatic nitrogens is 3. The van der Waals surface area contributed by atoms with Crippen LogP contribution in [0.15, 0.2) is 12.5 Å². The molecule has 2 aromatic rings. The van der Waals surface area contributed by atoms with Gasteiger partial charge < -0.3 is 23.8 Å². The number of hydrogen-bond donors (Lipinski definition) is 0. The molecule has 36 heavy (non-hydrogen) atoms. The van der Waals surface area contributed by atoms with Crippen LogP contribution in [0, 0.1) is 5.92 Å². The Morgan fingerprint density at radius 2 is 1.86 bits per heavy atom. The third-order valence-electron chi connectivity index (χ3n) is 7.21. The number of methoxy groups -OCH3 is 1. The highest BCUT2D eigenvalue weighted by atomic mass is 16.6. The Bertz CT molecular complexity index is 1140. The maximum atomic E-state index is 12.8. The fourth-order valence-corrected chi connectivity index (χ4v) is 5.48. The van der Waals surface area contributed by atoms with E-state index in [1.54, 1.807) is 4.90 Å². The first-order valence-electron chi connectivity index (χ1n) is 12.7. The molecular formula is C26H37N5O5. The number of fused-ring (bicyclic) bond motifs is 1. The van der Waals surface area contributed by atoms with Gasteiger partial charge in [0.1, 0.15) is 23.4 Å². The minimum Gasteiger partial charge on any atom is -0.469 e. The average Bonchev–Trinajstić information content (AvgIpc) is 3.23. The number of piperazine rings is 1. The lowest BCUT2D eigenvalue weighted by molar-refractivity contribution is -0.147. The normalized spacial score (nSPS) is 25.1. The van der Waals surface area contributed by atoms with Crippen LogP contribution in [0.3, 0.4) is 0 Å². The summed E-state index contributed by atoms with van der Waals surface area (Å²) in [6, 6.07) is -0.114. The smallest absolute Gasteiger partial charge is 0.410 e. The molecule has 1 saturated heterocycles. The van der Waals surface area contributed by atoms with E-state index >= 15 is 0 Å². The Morgan fingerprint density at radius 3 is 2.53 bits per heavy atom. The SMILES string of the molecule is COC(=O)C1CCCC(n2cc(C=O)c3c(N4CC(C)N(C(=O)OC(C)(C)C)CC4C)ncnc32)C1. The van der Waals surface area contributed by atoms with Gasteiger partial charge in [-0.1, -0.05) is 6.42 Å². The van der Waals surface area contributed by atoms with Crippen LogP contribution in [0.4, 0.5) is 10.6 Å². The molecule has 2 aliphatic rings. The average molecular weight is 500 g/mol. The van der Waals surface area contributed by atoms with Gasteiger partial charge in [0.25, 0.3) is 0 Å². The summed E-state index contributed by atoms with van der Waals surface area (Å²) in [5.41, 5.74) is 0.645. The summed E-state index contributed by atoms with van der Waals surface area (Å²) in [5.74, 6) is 0.339. The van der Waals surface area contributed by atoms with Gasteiger partial charge in [0.15, 0.2) is 6.29 Å². The summed E-state index contributed by atoms with van der Waals surface area (Å²) in [5, 5.41) is 0.706. The molecule has 3 heterocycles. The van der Waals surface area contributed by atoms with Gasteiger partial charge in [0.05, 0.1) is 18.4 Å².